The summed E-state index contributed by atoms with van der Waals surface area (Å²) < 4.78 is 15.5. The molecule has 0 aliphatic carbocycles. The molecule has 0 radical (unpaired) electrons. The molecule has 2 aliphatic rings. The summed E-state index contributed by atoms with van der Waals surface area (Å²) in [5.41, 5.74) is 6.10. The van der Waals surface area contributed by atoms with Gasteiger partial charge in [0.25, 0.3) is 11.8 Å². The average molecular weight is 622 g/mol. The van der Waals surface area contributed by atoms with Crippen molar-refractivity contribution < 1.29 is 14.0 Å². The highest BCUT2D eigenvalue weighted by atomic mass is 19.1. The van der Waals surface area contributed by atoms with Crippen molar-refractivity contribution in [3.63, 3.8) is 0 Å². The first kappa shape index (κ1) is 34.0. The number of nitrogens with zero attached hydrogens (tertiary/aromatic N) is 5. The maximum Gasteiger partial charge on any atom is 0.273 e. The molecule has 3 heterocycles. The van der Waals surface area contributed by atoms with E-state index in [1.54, 1.807) is 42.3 Å². The normalized spacial score (nSPS) is 16.5. The fourth-order valence-corrected chi connectivity index (χ4v) is 5.63. The maximum absolute atomic E-state index is 15.5. The third-order valence-corrected chi connectivity index (χ3v) is 8.50. The summed E-state index contributed by atoms with van der Waals surface area (Å²) in [6.07, 6.45) is 6.56. The molecular weight excluding hydrogens is 577 g/mol. The second-order valence-corrected chi connectivity index (χ2v) is 11.1. The molecule has 46 heavy (non-hydrogen) atoms. The number of aromatic nitrogens is 1. The van der Waals surface area contributed by atoms with E-state index < -0.39 is 5.82 Å². The van der Waals surface area contributed by atoms with Crippen LogP contribution < -0.4 is 0 Å². The van der Waals surface area contributed by atoms with E-state index in [2.05, 4.69) is 30.6 Å². The van der Waals surface area contributed by atoms with Crippen LogP contribution in [0.3, 0.4) is 0 Å². The Balaban J connectivity index is 0.00000235. The fraction of sp³-hybridized carbons (Fsp3) is 0.316. The Kier molecular flexibility index (Phi) is 11.1. The van der Waals surface area contributed by atoms with Crippen LogP contribution in [0, 0.1) is 5.82 Å². The molecule has 2 aliphatic heterocycles. The highest BCUT2D eigenvalue weighted by molar-refractivity contribution is 6.43. The van der Waals surface area contributed by atoms with Crippen molar-refractivity contribution in [3.05, 3.63) is 119 Å². The molecule has 0 spiro atoms. The number of halogens is 1. The van der Waals surface area contributed by atoms with Gasteiger partial charge >= 0.3 is 0 Å². The van der Waals surface area contributed by atoms with E-state index in [0.29, 0.717) is 59.0 Å². The molecule has 7 nitrogen and oxygen atoms in total. The standard InChI is InChI=1S/C36H38FN5O2.C2H6/c1-7-28-21-33(36(44)42-18-17-25-11-9-10-12-30(25)24(42)4)39-34(41(28)6)19-23(3)29-15-13-26(20-31(29)37)32-16-14-27(22-38-32)35(43)40(5)8-2;1-2/h9-16,19-22,24H,3,7-8,17-18H2,1-2,4-6H3;1-2H3/b34-19-;. The third kappa shape index (κ3) is 7.01. The smallest absolute Gasteiger partial charge is 0.273 e. The second kappa shape index (κ2) is 15.0. The van der Waals surface area contributed by atoms with Crippen LogP contribution in [0.4, 0.5) is 4.39 Å². The topological polar surface area (TPSA) is 69.1 Å². The van der Waals surface area contributed by atoms with E-state index in [9.17, 15) is 9.59 Å². The summed E-state index contributed by atoms with van der Waals surface area (Å²) in [5, 5.41) is 0. The van der Waals surface area contributed by atoms with Gasteiger partial charge in [-0.25, -0.2) is 9.38 Å². The molecule has 1 unspecified atom stereocenters. The lowest BCUT2D eigenvalue weighted by molar-refractivity contribution is -0.126. The van der Waals surface area contributed by atoms with Crippen LogP contribution in [0.5, 0.6) is 0 Å². The summed E-state index contributed by atoms with van der Waals surface area (Å²) >= 11 is 0. The van der Waals surface area contributed by atoms with Crippen LogP contribution in [0.25, 0.3) is 16.8 Å². The minimum Gasteiger partial charge on any atom is -0.342 e. The van der Waals surface area contributed by atoms with Crippen LogP contribution in [-0.4, -0.2) is 64.4 Å². The highest BCUT2D eigenvalue weighted by Gasteiger charge is 2.31. The molecule has 3 aromatic rings. The van der Waals surface area contributed by atoms with E-state index in [1.807, 2.05) is 62.8 Å². The Bertz CT molecular complexity index is 1710. The zero-order chi connectivity index (χ0) is 33.5. The van der Waals surface area contributed by atoms with E-state index in [0.717, 1.165) is 17.7 Å². The lowest BCUT2D eigenvalue weighted by Crippen LogP contribution is -2.43. The van der Waals surface area contributed by atoms with Crippen LogP contribution in [0.1, 0.15) is 74.1 Å². The molecule has 1 atom stereocenters. The number of amides is 2. The summed E-state index contributed by atoms with van der Waals surface area (Å²) in [6, 6.07) is 16.4. The van der Waals surface area contributed by atoms with Gasteiger partial charge < -0.3 is 14.7 Å². The Morgan fingerprint density at radius 2 is 1.85 bits per heavy atom. The van der Waals surface area contributed by atoms with Gasteiger partial charge in [0, 0.05) is 50.2 Å². The molecule has 0 fully saturated rings. The number of hydrogen-bond acceptors (Lipinski definition) is 5. The number of rotatable bonds is 7. The largest absolute Gasteiger partial charge is 0.342 e. The van der Waals surface area contributed by atoms with Crippen LogP contribution in [0.15, 0.2) is 96.0 Å². The molecular formula is C38H44FN5O2. The van der Waals surface area contributed by atoms with Gasteiger partial charge in [0.15, 0.2) is 0 Å². The summed E-state index contributed by atoms with van der Waals surface area (Å²) in [7, 11) is 3.62. The van der Waals surface area contributed by atoms with Crippen molar-refractivity contribution in [1.82, 2.24) is 19.7 Å². The zero-order valence-corrected chi connectivity index (χ0v) is 28.0. The first-order chi connectivity index (χ1) is 22.1. The fourth-order valence-electron chi connectivity index (χ4n) is 5.63. The number of carbonyl (C=O) groups excluding carboxylic acids is 2. The molecule has 240 valence electrons. The first-order valence-corrected chi connectivity index (χ1v) is 16.0. The van der Waals surface area contributed by atoms with Crippen molar-refractivity contribution >= 4 is 23.1 Å². The van der Waals surface area contributed by atoms with Crippen LogP contribution in [-0.2, 0) is 11.2 Å². The molecule has 2 aromatic carbocycles. The molecule has 1 aromatic heterocycles. The predicted octanol–water partition coefficient (Wildman–Crippen LogP) is 7.69. The van der Waals surface area contributed by atoms with Crippen molar-refractivity contribution in [2.24, 2.45) is 4.99 Å². The highest BCUT2D eigenvalue weighted by Crippen LogP contribution is 2.32. The number of hydrogen-bond donors (Lipinski definition) is 0. The molecule has 2 amide bonds. The van der Waals surface area contributed by atoms with Crippen molar-refractivity contribution in [2.45, 2.75) is 53.5 Å². The van der Waals surface area contributed by atoms with E-state index in [1.165, 1.54) is 17.8 Å². The average Bonchev–Trinajstić information content (AvgIpc) is 3.09. The van der Waals surface area contributed by atoms with Crippen LogP contribution >= 0.6 is 0 Å². The lowest BCUT2D eigenvalue weighted by Gasteiger charge is -2.36. The Morgan fingerprint density at radius 3 is 2.50 bits per heavy atom. The van der Waals surface area contributed by atoms with E-state index >= 15 is 4.39 Å². The Morgan fingerprint density at radius 1 is 1.11 bits per heavy atom. The SMILES string of the molecule is C=C(/C=C1/N=C(C(=O)N2CCc3ccccc3C2C)C=C(CC)N1C)c1ccc(-c2ccc(C(=O)N(C)CC)cn2)cc1F.CC. The van der Waals surface area contributed by atoms with E-state index in [4.69, 9.17) is 4.99 Å². The molecule has 8 heteroatoms. The number of fused-ring (bicyclic) bond motifs is 1. The van der Waals surface area contributed by atoms with Gasteiger partial charge in [0.05, 0.1) is 17.3 Å². The second-order valence-electron chi connectivity index (χ2n) is 11.1. The van der Waals surface area contributed by atoms with Gasteiger partial charge in [-0.15, -0.1) is 0 Å². The maximum atomic E-state index is 15.5. The van der Waals surface area contributed by atoms with Crippen molar-refractivity contribution in [3.8, 4) is 11.3 Å². The number of carbonyl (C=O) groups is 2. The monoisotopic (exact) mass is 621 g/mol. The number of allylic oxidation sites excluding steroid dienone is 3. The quantitative estimate of drug-likeness (QED) is 0.271. The summed E-state index contributed by atoms with van der Waals surface area (Å²) in [5.74, 6) is -0.179. The van der Waals surface area contributed by atoms with Gasteiger partial charge in [0.1, 0.15) is 17.3 Å². The van der Waals surface area contributed by atoms with Crippen LogP contribution in [0.2, 0.25) is 0 Å². The van der Waals surface area contributed by atoms with Gasteiger partial charge in [-0.1, -0.05) is 63.7 Å². The van der Waals surface area contributed by atoms with Gasteiger partial charge in [-0.05, 0) is 73.7 Å². The molecule has 5 rings (SSSR count). The van der Waals surface area contributed by atoms with Gasteiger partial charge in [-0.2, -0.15) is 0 Å². The Hall–Kier alpha value is -4.85. The van der Waals surface area contributed by atoms with Gasteiger partial charge in [-0.3, -0.25) is 14.6 Å². The third-order valence-electron chi connectivity index (χ3n) is 8.50. The van der Waals surface area contributed by atoms with Gasteiger partial charge in [0.2, 0.25) is 0 Å². The molecule has 0 N–H and O–H groups in total. The number of pyridine rings is 1. The number of aliphatic imine (C=N–C) groups is 1. The predicted molar refractivity (Wildman–Crippen MR) is 185 cm³/mol. The minimum absolute atomic E-state index is 0.0628. The van der Waals surface area contributed by atoms with E-state index in [-0.39, 0.29) is 17.9 Å². The summed E-state index contributed by atoms with van der Waals surface area (Å²) in [6.45, 7) is 15.3. The summed E-state index contributed by atoms with van der Waals surface area (Å²) in [4.78, 5) is 40.7. The minimum atomic E-state index is -0.456. The first-order valence-electron chi connectivity index (χ1n) is 16.0. The molecule has 0 bridgehead atoms. The number of benzene rings is 2. The zero-order valence-electron chi connectivity index (χ0n) is 28.0. The molecule has 0 saturated heterocycles. The lowest BCUT2D eigenvalue weighted by atomic mass is 9.93. The van der Waals surface area contributed by atoms with Crippen molar-refractivity contribution in [2.75, 3.05) is 27.2 Å². The molecule has 0 saturated carbocycles. The Labute approximate surface area is 272 Å². The van der Waals surface area contributed by atoms with Crippen molar-refractivity contribution in [1.29, 1.82) is 0 Å².